The molecule has 0 spiro atoms. The topological polar surface area (TPSA) is 38.7 Å². The fourth-order valence-electron chi connectivity index (χ4n) is 1.63. The number of methoxy groups -OCH3 is 2. The highest BCUT2D eigenvalue weighted by molar-refractivity contribution is 5.17. The van der Waals surface area contributed by atoms with Crippen molar-refractivity contribution < 1.29 is 14.6 Å². The normalized spacial score (nSPS) is 15.3. The molecule has 84 valence electrons. The first-order chi connectivity index (χ1) is 7.20. The van der Waals surface area contributed by atoms with Gasteiger partial charge in [-0.15, -0.1) is 0 Å². The van der Waals surface area contributed by atoms with E-state index < -0.39 is 6.10 Å². The molecule has 0 fully saturated rings. The third kappa shape index (κ3) is 3.02. The standard InChI is InChI=1S/C12H18O3/c1-9(12(14-2)15-3)11(13)10-7-5-4-6-8-10/h4-9,11-13H,1-3H3/t9-,11+/m1/s1. The third-order valence-electron chi connectivity index (χ3n) is 2.53. The maximum Gasteiger partial charge on any atom is 0.162 e. The van der Waals surface area contributed by atoms with Gasteiger partial charge in [0.25, 0.3) is 0 Å². The van der Waals surface area contributed by atoms with Gasteiger partial charge in [-0.25, -0.2) is 0 Å². The SMILES string of the molecule is COC(OC)[C@H](C)[C@H](O)c1ccccc1. The van der Waals surface area contributed by atoms with Gasteiger partial charge in [0.1, 0.15) is 0 Å². The molecule has 1 rings (SSSR count). The maximum absolute atomic E-state index is 10.1. The second-order valence-corrected chi connectivity index (χ2v) is 3.55. The molecule has 0 saturated heterocycles. The highest BCUT2D eigenvalue weighted by Crippen LogP contribution is 2.25. The molecule has 1 aromatic carbocycles. The van der Waals surface area contributed by atoms with Crippen molar-refractivity contribution in [2.45, 2.75) is 19.3 Å². The summed E-state index contributed by atoms with van der Waals surface area (Å²) in [5, 5.41) is 10.1. The average molecular weight is 210 g/mol. The molecule has 0 radical (unpaired) electrons. The second kappa shape index (κ2) is 5.85. The van der Waals surface area contributed by atoms with E-state index in [0.717, 1.165) is 5.56 Å². The summed E-state index contributed by atoms with van der Waals surface area (Å²) in [6, 6.07) is 9.51. The molecule has 0 bridgehead atoms. The summed E-state index contributed by atoms with van der Waals surface area (Å²) in [4.78, 5) is 0. The lowest BCUT2D eigenvalue weighted by Crippen LogP contribution is -2.27. The summed E-state index contributed by atoms with van der Waals surface area (Å²) < 4.78 is 10.2. The van der Waals surface area contributed by atoms with Gasteiger partial charge >= 0.3 is 0 Å². The first-order valence-corrected chi connectivity index (χ1v) is 4.99. The van der Waals surface area contributed by atoms with E-state index in [2.05, 4.69) is 0 Å². The van der Waals surface area contributed by atoms with Crippen molar-refractivity contribution in [3.63, 3.8) is 0 Å². The van der Waals surface area contributed by atoms with Crippen molar-refractivity contribution >= 4 is 0 Å². The van der Waals surface area contributed by atoms with E-state index in [9.17, 15) is 5.11 Å². The summed E-state index contributed by atoms with van der Waals surface area (Å²) >= 11 is 0. The van der Waals surface area contributed by atoms with Crippen LogP contribution in [0.4, 0.5) is 0 Å². The molecular formula is C12H18O3. The van der Waals surface area contributed by atoms with Crippen LogP contribution in [-0.2, 0) is 9.47 Å². The van der Waals surface area contributed by atoms with E-state index in [0.29, 0.717) is 0 Å². The lowest BCUT2D eigenvalue weighted by molar-refractivity contribution is -0.156. The van der Waals surface area contributed by atoms with E-state index in [-0.39, 0.29) is 12.2 Å². The Balaban J connectivity index is 2.71. The molecule has 0 aromatic heterocycles. The van der Waals surface area contributed by atoms with Gasteiger partial charge in [-0.3, -0.25) is 0 Å². The van der Waals surface area contributed by atoms with Crippen LogP contribution in [0, 0.1) is 5.92 Å². The van der Waals surface area contributed by atoms with Crippen LogP contribution >= 0.6 is 0 Å². The molecule has 1 N–H and O–H groups in total. The van der Waals surface area contributed by atoms with Gasteiger partial charge in [-0.1, -0.05) is 37.3 Å². The summed E-state index contributed by atoms with van der Waals surface area (Å²) in [5.41, 5.74) is 0.879. The zero-order valence-electron chi connectivity index (χ0n) is 9.38. The minimum atomic E-state index is -0.573. The van der Waals surface area contributed by atoms with Crippen molar-refractivity contribution in [1.82, 2.24) is 0 Å². The fraction of sp³-hybridized carbons (Fsp3) is 0.500. The quantitative estimate of drug-likeness (QED) is 0.755. The first-order valence-electron chi connectivity index (χ1n) is 4.99. The molecule has 0 aliphatic rings. The third-order valence-corrected chi connectivity index (χ3v) is 2.53. The molecule has 15 heavy (non-hydrogen) atoms. The number of hydrogen-bond acceptors (Lipinski definition) is 3. The van der Waals surface area contributed by atoms with Crippen LogP contribution in [0.25, 0.3) is 0 Å². The zero-order chi connectivity index (χ0) is 11.3. The lowest BCUT2D eigenvalue weighted by atomic mass is 9.97. The van der Waals surface area contributed by atoms with Crippen LogP contribution in [0.1, 0.15) is 18.6 Å². The van der Waals surface area contributed by atoms with Crippen LogP contribution in [-0.4, -0.2) is 25.6 Å². The molecule has 3 nitrogen and oxygen atoms in total. The summed E-state index contributed by atoms with van der Waals surface area (Å²) in [6.45, 7) is 1.90. The molecule has 2 atom stereocenters. The Morgan fingerprint density at radius 3 is 2.07 bits per heavy atom. The molecule has 0 unspecified atom stereocenters. The number of aliphatic hydroxyl groups is 1. The number of hydrogen-bond donors (Lipinski definition) is 1. The Kier molecular flexibility index (Phi) is 4.75. The van der Waals surface area contributed by atoms with Crippen LogP contribution in [0.2, 0.25) is 0 Å². The lowest BCUT2D eigenvalue weighted by Gasteiger charge is -2.25. The average Bonchev–Trinajstić information content (AvgIpc) is 2.30. The smallest absolute Gasteiger partial charge is 0.162 e. The van der Waals surface area contributed by atoms with E-state index in [1.165, 1.54) is 0 Å². The van der Waals surface area contributed by atoms with Gasteiger partial charge in [0, 0.05) is 20.1 Å². The second-order valence-electron chi connectivity index (χ2n) is 3.55. The van der Waals surface area contributed by atoms with Crippen molar-refractivity contribution in [2.75, 3.05) is 14.2 Å². The maximum atomic E-state index is 10.1. The fourth-order valence-corrected chi connectivity index (χ4v) is 1.63. The van der Waals surface area contributed by atoms with E-state index in [1.807, 2.05) is 37.3 Å². The molecule has 1 aromatic rings. The van der Waals surface area contributed by atoms with E-state index in [1.54, 1.807) is 14.2 Å². The van der Waals surface area contributed by atoms with Crippen LogP contribution in [0.15, 0.2) is 30.3 Å². The van der Waals surface area contributed by atoms with E-state index in [4.69, 9.17) is 9.47 Å². The molecule has 0 saturated carbocycles. The molecule has 3 heteroatoms. The van der Waals surface area contributed by atoms with Gasteiger partial charge in [-0.2, -0.15) is 0 Å². The monoisotopic (exact) mass is 210 g/mol. The predicted molar refractivity (Wildman–Crippen MR) is 58.4 cm³/mol. The number of benzene rings is 1. The Morgan fingerprint density at radius 1 is 1.07 bits per heavy atom. The van der Waals surface area contributed by atoms with Crippen LogP contribution in [0.5, 0.6) is 0 Å². The number of rotatable bonds is 5. The summed E-state index contributed by atoms with van der Waals surface area (Å²) in [5.74, 6) is -0.109. The Hall–Kier alpha value is -0.900. The van der Waals surface area contributed by atoms with E-state index >= 15 is 0 Å². The van der Waals surface area contributed by atoms with Crippen molar-refractivity contribution in [3.8, 4) is 0 Å². The highest BCUT2D eigenvalue weighted by atomic mass is 16.7. The summed E-state index contributed by atoms with van der Waals surface area (Å²) in [7, 11) is 3.14. The number of aliphatic hydroxyl groups excluding tert-OH is 1. The Labute approximate surface area is 90.6 Å². The molecule has 0 aliphatic carbocycles. The van der Waals surface area contributed by atoms with Gasteiger partial charge < -0.3 is 14.6 Å². The van der Waals surface area contributed by atoms with Crippen molar-refractivity contribution in [1.29, 1.82) is 0 Å². The highest BCUT2D eigenvalue weighted by Gasteiger charge is 2.24. The minimum Gasteiger partial charge on any atom is -0.388 e. The largest absolute Gasteiger partial charge is 0.388 e. The molecule has 0 heterocycles. The van der Waals surface area contributed by atoms with Crippen LogP contribution in [0.3, 0.4) is 0 Å². The first kappa shape index (κ1) is 12.2. The minimum absolute atomic E-state index is 0.109. The van der Waals surface area contributed by atoms with Crippen molar-refractivity contribution in [2.24, 2.45) is 5.92 Å². The van der Waals surface area contributed by atoms with Gasteiger partial charge in [0.2, 0.25) is 0 Å². The van der Waals surface area contributed by atoms with Gasteiger partial charge in [-0.05, 0) is 5.56 Å². The zero-order valence-corrected chi connectivity index (χ0v) is 9.38. The predicted octanol–water partition coefficient (Wildman–Crippen LogP) is 1.98. The Bertz CT molecular complexity index is 269. The molecular weight excluding hydrogens is 192 g/mol. The molecule has 0 aliphatic heterocycles. The Morgan fingerprint density at radius 2 is 1.60 bits per heavy atom. The van der Waals surface area contributed by atoms with Gasteiger partial charge in [0.15, 0.2) is 6.29 Å². The van der Waals surface area contributed by atoms with Crippen molar-refractivity contribution in [3.05, 3.63) is 35.9 Å². The van der Waals surface area contributed by atoms with Gasteiger partial charge in [0.05, 0.1) is 6.10 Å². The number of ether oxygens (including phenoxy) is 2. The van der Waals surface area contributed by atoms with Crippen LogP contribution < -0.4 is 0 Å². The molecule has 0 amide bonds. The summed E-state index contributed by atoms with van der Waals surface area (Å²) in [6.07, 6.45) is -0.962.